The van der Waals surface area contributed by atoms with Gasteiger partial charge in [0.1, 0.15) is 47.2 Å². The average Bonchev–Trinajstić information content (AvgIpc) is 3.38. The van der Waals surface area contributed by atoms with E-state index in [1.165, 1.54) is 37.6 Å². The van der Waals surface area contributed by atoms with E-state index >= 15 is 0 Å². The second-order valence-electron chi connectivity index (χ2n) is 9.90. The summed E-state index contributed by atoms with van der Waals surface area (Å²) in [6, 6.07) is 10.9. The number of methoxy groups -OCH3 is 1. The highest BCUT2D eigenvalue weighted by Crippen LogP contribution is 2.48. The van der Waals surface area contributed by atoms with Crippen LogP contribution in [0, 0.1) is 5.82 Å². The number of rotatable bonds is 8. The summed E-state index contributed by atoms with van der Waals surface area (Å²) in [6.07, 6.45) is -3.95. The summed E-state index contributed by atoms with van der Waals surface area (Å²) >= 11 is 0. The van der Waals surface area contributed by atoms with Gasteiger partial charge in [-0.05, 0) is 48.5 Å². The first-order chi connectivity index (χ1) is 20.3. The lowest BCUT2D eigenvalue weighted by Gasteiger charge is -2.31. The van der Waals surface area contributed by atoms with E-state index in [4.69, 9.17) is 15.2 Å². The van der Waals surface area contributed by atoms with Gasteiger partial charge in [-0.3, -0.25) is 14.6 Å². The molecule has 2 atom stereocenters. The normalized spacial score (nSPS) is 17.6. The largest absolute Gasteiger partial charge is 0.494 e. The highest BCUT2D eigenvalue weighted by atomic mass is 19.4. The lowest BCUT2D eigenvalue weighted by molar-refractivity contribution is -0.265. The molecule has 0 saturated heterocycles. The Morgan fingerprint density at radius 3 is 2.51 bits per heavy atom. The predicted molar refractivity (Wildman–Crippen MR) is 143 cm³/mol. The number of nitrogens with zero attached hydrogens (tertiary/aromatic N) is 2. The summed E-state index contributed by atoms with van der Waals surface area (Å²) < 4.78 is 82.6. The fourth-order valence-electron chi connectivity index (χ4n) is 4.80. The maximum atomic E-state index is 14.6. The Bertz CT molecular complexity index is 1730. The van der Waals surface area contributed by atoms with Crippen LogP contribution >= 0.6 is 0 Å². The van der Waals surface area contributed by atoms with Gasteiger partial charge >= 0.3 is 6.18 Å². The molecule has 2 aromatic carbocycles. The molecule has 43 heavy (non-hydrogen) atoms. The van der Waals surface area contributed by atoms with Crippen molar-refractivity contribution < 1.29 is 46.1 Å². The molecule has 4 aromatic rings. The Balaban J connectivity index is 1.61. The number of primary amides is 1. The number of nitrogens with two attached hydrogens (primary N) is 1. The molecular formula is C29H23F5N4O5. The summed E-state index contributed by atoms with van der Waals surface area (Å²) in [5.74, 6) is -2.95. The van der Waals surface area contributed by atoms with Crippen LogP contribution in [0.4, 0.5) is 22.0 Å². The first-order valence-electron chi connectivity index (χ1n) is 12.7. The van der Waals surface area contributed by atoms with E-state index in [9.17, 15) is 36.6 Å². The molecule has 3 heterocycles. The van der Waals surface area contributed by atoms with E-state index in [0.717, 1.165) is 12.1 Å². The highest BCUT2D eigenvalue weighted by molar-refractivity contribution is 6.00. The van der Waals surface area contributed by atoms with Gasteiger partial charge in [-0.25, -0.2) is 13.8 Å². The molecule has 0 unspecified atom stereocenters. The third-order valence-electron chi connectivity index (χ3n) is 7.32. The molecular weight excluding hydrogens is 579 g/mol. The summed E-state index contributed by atoms with van der Waals surface area (Å²) in [6.45, 7) is -3.51. The van der Waals surface area contributed by atoms with Gasteiger partial charge in [-0.2, -0.15) is 13.2 Å². The van der Waals surface area contributed by atoms with E-state index < -0.39 is 60.3 Å². The predicted octanol–water partition coefficient (Wildman–Crippen LogP) is 3.71. The van der Waals surface area contributed by atoms with Crippen molar-refractivity contribution in [2.24, 2.45) is 5.73 Å². The molecule has 2 aromatic heterocycles. The first kappa shape index (κ1) is 29.6. The smallest absolute Gasteiger partial charge is 0.424 e. The summed E-state index contributed by atoms with van der Waals surface area (Å²) in [4.78, 5) is 33.6. The van der Waals surface area contributed by atoms with Gasteiger partial charge in [0, 0.05) is 28.3 Å². The topological polar surface area (TPSA) is 137 Å². The van der Waals surface area contributed by atoms with Crippen molar-refractivity contribution >= 4 is 22.7 Å². The monoisotopic (exact) mass is 602 g/mol. The lowest BCUT2D eigenvalue weighted by Crippen LogP contribution is -2.52. The van der Waals surface area contributed by atoms with E-state index in [0.29, 0.717) is 17.0 Å². The van der Waals surface area contributed by atoms with Crippen LogP contribution < -0.4 is 20.5 Å². The minimum atomic E-state index is -5.45. The van der Waals surface area contributed by atoms with Crippen LogP contribution in [0.25, 0.3) is 22.2 Å². The molecule has 14 heteroatoms. The fourth-order valence-corrected chi connectivity index (χ4v) is 4.80. The third-order valence-corrected chi connectivity index (χ3v) is 7.32. The van der Waals surface area contributed by atoms with Crippen molar-refractivity contribution in [1.29, 1.82) is 0 Å². The Morgan fingerprint density at radius 1 is 1.16 bits per heavy atom. The van der Waals surface area contributed by atoms with Gasteiger partial charge < -0.3 is 25.6 Å². The molecule has 0 radical (unpaired) electrons. The molecule has 5 rings (SSSR count). The number of fused-ring (bicyclic) bond motifs is 2. The van der Waals surface area contributed by atoms with Crippen LogP contribution in [0.1, 0.15) is 21.6 Å². The van der Waals surface area contributed by atoms with Crippen LogP contribution in [0.3, 0.4) is 0 Å². The maximum Gasteiger partial charge on any atom is 0.424 e. The molecule has 224 valence electrons. The zero-order valence-corrected chi connectivity index (χ0v) is 22.3. The van der Waals surface area contributed by atoms with Crippen LogP contribution in [-0.2, 0) is 15.8 Å². The number of ether oxygens (including phenoxy) is 2. The number of benzene rings is 2. The van der Waals surface area contributed by atoms with E-state index in [-0.39, 0.29) is 33.9 Å². The number of hydrogen-bond acceptors (Lipinski definition) is 7. The molecule has 0 spiro atoms. The number of nitrogens with one attached hydrogen (secondary N) is 1. The maximum absolute atomic E-state index is 14.6. The van der Waals surface area contributed by atoms with Crippen molar-refractivity contribution in [3.63, 3.8) is 0 Å². The highest BCUT2D eigenvalue weighted by Gasteiger charge is 2.58. The van der Waals surface area contributed by atoms with Crippen LogP contribution in [-0.4, -0.2) is 60.0 Å². The van der Waals surface area contributed by atoms with Crippen molar-refractivity contribution in [2.75, 3.05) is 26.9 Å². The molecule has 1 aliphatic heterocycles. The summed E-state index contributed by atoms with van der Waals surface area (Å²) in [5, 5.41) is 13.7. The molecule has 0 aliphatic carbocycles. The van der Waals surface area contributed by atoms with Gasteiger partial charge in [-0.15, -0.1) is 0 Å². The van der Waals surface area contributed by atoms with Crippen LogP contribution in [0.15, 0.2) is 60.8 Å². The SMILES string of the molecule is COc1cc(C(=O)NC[C@](O)(c2cc3c(c(-c4ccc(F)cc4)n2)OC[C@]3(CF)C(N)=O)C(F)(F)F)cc2cccnc12. The Hall–Kier alpha value is -4.85. The van der Waals surface area contributed by atoms with Crippen molar-refractivity contribution in [2.45, 2.75) is 17.2 Å². The van der Waals surface area contributed by atoms with E-state index in [2.05, 4.69) is 15.3 Å². The van der Waals surface area contributed by atoms with Gasteiger partial charge in [0.2, 0.25) is 11.5 Å². The quantitative estimate of drug-likeness (QED) is 0.262. The third kappa shape index (κ3) is 4.96. The number of amides is 2. The number of carbonyl (C=O) groups excluding carboxylic acids is 2. The second kappa shape index (κ2) is 10.8. The molecule has 0 bridgehead atoms. The Labute approximate surface area is 240 Å². The number of aromatic nitrogens is 2. The molecule has 1 aliphatic rings. The number of hydrogen-bond donors (Lipinski definition) is 3. The molecule has 2 amide bonds. The number of pyridine rings is 2. The molecule has 0 saturated carbocycles. The number of halogens is 5. The molecule has 4 N–H and O–H groups in total. The van der Waals surface area contributed by atoms with E-state index in [1.54, 1.807) is 12.1 Å². The Kier molecular flexibility index (Phi) is 7.42. The fraction of sp³-hybridized carbons (Fsp3) is 0.241. The van der Waals surface area contributed by atoms with Crippen molar-refractivity contribution in [3.8, 4) is 22.8 Å². The number of alkyl halides is 4. The lowest BCUT2D eigenvalue weighted by atomic mass is 9.81. The summed E-state index contributed by atoms with van der Waals surface area (Å²) in [7, 11) is 1.33. The second-order valence-corrected chi connectivity index (χ2v) is 9.90. The Morgan fingerprint density at radius 2 is 1.88 bits per heavy atom. The van der Waals surface area contributed by atoms with Crippen molar-refractivity contribution in [1.82, 2.24) is 15.3 Å². The average molecular weight is 603 g/mol. The van der Waals surface area contributed by atoms with Crippen LogP contribution in [0.2, 0.25) is 0 Å². The van der Waals surface area contributed by atoms with Crippen molar-refractivity contribution in [3.05, 3.63) is 83.4 Å². The van der Waals surface area contributed by atoms with Gasteiger partial charge in [0.15, 0.2) is 0 Å². The standard InChI is InChI=1S/C29H23F5N4O5/c1-42-20-10-17(9-16-3-2-8-36-22(16)20)25(39)37-13-28(41,29(32,33)34)21-11-19-24(43-14-27(19,12-30)26(35)40)23(38-21)15-4-6-18(31)7-5-15/h2-11,41H,12-14H2,1H3,(H2,35,40)(H,37,39)/t27-,28-/m0/s1. The molecule has 9 nitrogen and oxygen atoms in total. The van der Waals surface area contributed by atoms with Crippen LogP contribution in [0.5, 0.6) is 11.5 Å². The number of aliphatic hydroxyl groups is 1. The number of carbonyl (C=O) groups is 2. The zero-order valence-electron chi connectivity index (χ0n) is 22.3. The first-order valence-corrected chi connectivity index (χ1v) is 12.7. The van der Waals surface area contributed by atoms with E-state index in [1.807, 2.05) is 0 Å². The minimum Gasteiger partial charge on any atom is -0.494 e. The molecule has 0 fully saturated rings. The minimum absolute atomic E-state index is 0.0454. The van der Waals surface area contributed by atoms with Gasteiger partial charge in [0.05, 0.1) is 19.3 Å². The van der Waals surface area contributed by atoms with Gasteiger partial charge in [0.25, 0.3) is 5.91 Å². The summed E-state index contributed by atoms with van der Waals surface area (Å²) in [5.41, 5.74) is -2.01. The zero-order chi connectivity index (χ0) is 31.2. The van der Waals surface area contributed by atoms with Gasteiger partial charge in [-0.1, -0.05) is 6.07 Å².